The highest BCUT2D eigenvalue weighted by molar-refractivity contribution is 6.15. The molecule has 0 radical (unpaired) electrons. The fraction of sp³-hybridized carbons (Fsp3) is 0.190. The van der Waals surface area contributed by atoms with E-state index < -0.39 is 57.7 Å². The molecule has 2 aromatic rings. The summed E-state index contributed by atoms with van der Waals surface area (Å²) < 4.78 is 90.0. The molecule has 0 aromatic heterocycles. The van der Waals surface area contributed by atoms with Gasteiger partial charge in [0, 0.05) is 12.0 Å². The largest absolute Gasteiger partial charge is 0.411 e. The Morgan fingerprint density at radius 2 is 1.19 bits per heavy atom. The van der Waals surface area contributed by atoms with Crippen LogP contribution in [0.5, 0.6) is 0 Å². The predicted molar refractivity (Wildman–Crippen MR) is 93.5 cm³/mol. The number of alkyl halides is 6. The Morgan fingerprint density at radius 3 is 1.74 bits per heavy atom. The van der Waals surface area contributed by atoms with Crippen LogP contribution in [0.3, 0.4) is 0 Å². The number of cyclic esters (lactones) is 2. The lowest BCUT2D eigenvalue weighted by Crippen LogP contribution is -2.55. The van der Waals surface area contributed by atoms with Gasteiger partial charge in [0.1, 0.15) is 0 Å². The Bertz CT molecular complexity index is 1100. The Kier molecular flexibility index (Phi) is 4.22. The first-order valence-electron chi connectivity index (χ1n) is 8.69. The molecule has 4 nitrogen and oxygen atoms in total. The molecule has 4 rings (SSSR count). The van der Waals surface area contributed by atoms with Gasteiger partial charge in [-0.2, -0.15) is 26.3 Å². The molecule has 0 atom stereocenters. The van der Waals surface area contributed by atoms with Crippen LogP contribution in [-0.4, -0.2) is 30.1 Å². The number of carbonyl (C=O) groups excluding carboxylic acids is 3. The SMILES string of the molecule is C=C1CC(=O)c2cc(C(c3ccc4c(c3)C(=O)OC4=O)(C(F)(F)F)C(F)(F)F)ccc21. The van der Waals surface area contributed by atoms with E-state index in [4.69, 9.17) is 0 Å². The molecule has 31 heavy (non-hydrogen) atoms. The highest BCUT2D eigenvalue weighted by Gasteiger charge is 2.72. The van der Waals surface area contributed by atoms with E-state index in [1.807, 2.05) is 0 Å². The molecule has 0 unspecified atom stereocenters. The maximum atomic E-state index is 14.3. The molecule has 1 aliphatic carbocycles. The number of hydrogen-bond donors (Lipinski definition) is 0. The summed E-state index contributed by atoms with van der Waals surface area (Å²) >= 11 is 0. The highest BCUT2D eigenvalue weighted by Crippen LogP contribution is 2.57. The second kappa shape index (κ2) is 6.29. The minimum Gasteiger partial charge on any atom is -0.386 e. The van der Waals surface area contributed by atoms with Gasteiger partial charge in [-0.1, -0.05) is 24.8 Å². The van der Waals surface area contributed by atoms with Gasteiger partial charge in [-0.3, -0.25) is 4.79 Å². The molecule has 0 saturated heterocycles. The second-order valence-corrected chi connectivity index (χ2v) is 7.15. The maximum absolute atomic E-state index is 14.3. The van der Waals surface area contributed by atoms with Crippen LogP contribution in [0.15, 0.2) is 43.0 Å². The van der Waals surface area contributed by atoms with Crippen LogP contribution >= 0.6 is 0 Å². The minimum absolute atomic E-state index is 0.176. The van der Waals surface area contributed by atoms with Crippen LogP contribution < -0.4 is 0 Å². The van der Waals surface area contributed by atoms with Crippen molar-refractivity contribution in [3.05, 3.63) is 76.4 Å². The third kappa shape index (κ3) is 2.74. The van der Waals surface area contributed by atoms with Gasteiger partial charge in [0.2, 0.25) is 5.41 Å². The van der Waals surface area contributed by atoms with Gasteiger partial charge in [-0.15, -0.1) is 0 Å². The van der Waals surface area contributed by atoms with Crippen molar-refractivity contribution < 1.29 is 45.5 Å². The van der Waals surface area contributed by atoms with Crippen molar-refractivity contribution in [1.82, 2.24) is 0 Å². The van der Waals surface area contributed by atoms with Crippen LogP contribution in [0.4, 0.5) is 26.3 Å². The zero-order chi connectivity index (χ0) is 22.9. The number of ketones is 1. The first kappa shape index (κ1) is 20.8. The van der Waals surface area contributed by atoms with Crippen LogP contribution in [0.2, 0.25) is 0 Å². The van der Waals surface area contributed by atoms with Gasteiger partial charge in [0.25, 0.3) is 0 Å². The fourth-order valence-electron chi connectivity index (χ4n) is 4.00. The Balaban J connectivity index is 2.06. The van der Waals surface area contributed by atoms with Gasteiger partial charge in [0.05, 0.1) is 11.1 Å². The summed E-state index contributed by atoms with van der Waals surface area (Å²) in [5, 5.41) is 0. The number of fused-ring (bicyclic) bond motifs is 2. The third-order valence-electron chi connectivity index (χ3n) is 5.44. The Hall–Kier alpha value is -3.43. The standard InChI is InChI=1S/C21H10F6O4/c1-9-6-16(28)14-7-10(2-4-12(9)14)19(20(22,23)24,21(25,26)27)11-3-5-13-15(8-11)18(30)31-17(13)29/h2-5,7-8H,1,6H2. The van der Waals surface area contributed by atoms with E-state index >= 15 is 0 Å². The first-order valence-corrected chi connectivity index (χ1v) is 8.69. The van der Waals surface area contributed by atoms with Crippen molar-refractivity contribution >= 4 is 23.3 Å². The molecule has 0 saturated carbocycles. The van der Waals surface area contributed by atoms with Gasteiger partial charge in [-0.25, -0.2) is 9.59 Å². The van der Waals surface area contributed by atoms with Crippen molar-refractivity contribution in [2.45, 2.75) is 24.2 Å². The molecule has 2 aromatic carbocycles. The molecule has 10 heteroatoms. The number of allylic oxidation sites excluding steroid dienone is 1. The molecule has 2 aliphatic rings. The van der Waals surface area contributed by atoms with Gasteiger partial charge < -0.3 is 4.74 Å². The molecule has 1 heterocycles. The summed E-state index contributed by atoms with van der Waals surface area (Å²) in [6.45, 7) is 3.60. The van der Waals surface area contributed by atoms with Gasteiger partial charge in [-0.05, 0) is 40.5 Å². The number of Topliss-reactive ketones (excluding diaryl/α,β-unsaturated/α-hetero) is 1. The van der Waals surface area contributed by atoms with E-state index in [2.05, 4.69) is 11.3 Å². The second-order valence-electron chi connectivity index (χ2n) is 7.15. The fourth-order valence-corrected chi connectivity index (χ4v) is 4.00. The number of carbonyl (C=O) groups is 3. The molecule has 0 N–H and O–H groups in total. The number of rotatable bonds is 2. The zero-order valence-corrected chi connectivity index (χ0v) is 15.3. The Labute approximate surface area is 170 Å². The summed E-state index contributed by atoms with van der Waals surface area (Å²) in [4.78, 5) is 35.4. The number of ether oxygens (including phenoxy) is 1. The third-order valence-corrected chi connectivity index (χ3v) is 5.44. The van der Waals surface area contributed by atoms with Crippen LogP contribution in [0, 0.1) is 0 Å². The topological polar surface area (TPSA) is 60.4 Å². The molecule has 1 aliphatic heterocycles. The number of halogens is 6. The lowest BCUT2D eigenvalue weighted by molar-refractivity contribution is -0.288. The monoisotopic (exact) mass is 440 g/mol. The van der Waals surface area contributed by atoms with Crippen molar-refractivity contribution in [3.63, 3.8) is 0 Å². The number of esters is 2. The zero-order valence-electron chi connectivity index (χ0n) is 15.3. The summed E-state index contributed by atoms with van der Waals surface area (Å²) in [6.07, 6.45) is -12.0. The normalized spacial score (nSPS) is 16.5. The molecule has 0 bridgehead atoms. The van der Waals surface area contributed by atoms with E-state index in [9.17, 15) is 40.7 Å². The number of hydrogen-bond acceptors (Lipinski definition) is 4. The Morgan fingerprint density at radius 1 is 0.710 bits per heavy atom. The van der Waals surface area contributed by atoms with E-state index in [0.717, 1.165) is 6.07 Å². The lowest BCUT2D eigenvalue weighted by atomic mass is 9.71. The molecule has 160 valence electrons. The minimum atomic E-state index is -5.92. The predicted octanol–water partition coefficient (Wildman–Crippen LogP) is 5.01. The van der Waals surface area contributed by atoms with E-state index in [0.29, 0.717) is 30.3 Å². The number of benzene rings is 2. The van der Waals surface area contributed by atoms with E-state index in [-0.39, 0.29) is 23.1 Å². The quantitative estimate of drug-likeness (QED) is 0.374. The van der Waals surface area contributed by atoms with E-state index in [1.165, 1.54) is 0 Å². The molecule has 0 fully saturated rings. The summed E-state index contributed by atoms with van der Waals surface area (Å²) in [5.41, 5.74) is -8.12. The average Bonchev–Trinajstić information content (AvgIpc) is 3.09. The van der Waals surface area contributed by atoms with Crippen LogP contribution in [0.25, 0.3) is 5.57 Å². The summed E-state index contributed by atoms with van der Waals surface area (Å²) in [5.74, 6) is -3.17. The molecule has 0 amide bonds. The first-order chi connectivity index (χ1) is 14.3. The summed E-state index contributed by atoms with van der Waals surface area (Å²) in [7, 11) is 0. The average molecular weight is 440 g/mol. The van der Waals surface area contributed by atoms with Crippen LogP contribution in [-0.2, 0) is 10.2 Å². The van der Waals surface area contributed by atoms with Crippen molar-refractivity contribution in [1.29, 1.82) is 0 Å². The van der Waals surface area contributed by atoms with Gasteiger partial charge in [0.15, 0.2) is 5.78 Å². The molecular formula is C21H10F6O4. The van der Waals surface area contributed by atoms with Crippen molar-refractivity contribution in [3.8, 4) is 0 Å². The van der Waals surface area contributed by atoms with Gasteiger partial charge >= 0.3 is 24.3 Å². The van der Waals surface area contributed by atoms with Crippen molar-refractivity contribution in [2.75, 3.05) is 0 Å². The van der Waals surface area contributed by atoms with E-state index in [1.54, 1.807) is 0 Å². The smallest absolute Gasteiger partial charge is 0.386 e. The maximum Gasteiger partial charge on any atom is 0.411 e. The van der Waals surface area contributed by atoms with Crippen LogP contribution in [0.1, 0.15) is 54.2 Å². The molecule has 0 spiro atoms. The lowest BCUT2D eigenvalue weighted by Gasteiger charge is -2.38. The highest BCUT2D eigenvalue weighted by atomic mass is 19.4. The van der Waals surface area contributed by atoms with Crippen molar-refractivity contribution in [2.24, 2.45) is 0 Å². The summed E-state index contributed by atoms with van der Waals surface area (Å²) in [6, 6.07) is 3.72. The molecular weight excluding hydrogens is 430 g/mol.